The van der Waals surface area contributed by atoms with Crippen LogP contribution in [-0.2, 0) is 19.3 Å². The molecule has 0 saturated heterocycles. The summed E-state index contributed by atoms with van der Waals surface area (Å²) in [4.78, 5) is 0. The Morgan fingerprint density at radius 2 is 1.62 bits per heavy atom. The monoisotopic (exact) mass is 271 g/mol. The van der Waals surface area contributed by atoms with E-state index in [-0.39, 0.29) is 0 Å². The summed E-state index contributed by atoms with van der Waals surface area (Å²) in [5.74, 6) is 0. The normalized spacial score (nSPS) is 15.2. The molecule has 0 atom stereocenters. The first kappa shape index (κ1) is 11.4. The number of rotatable bonds is 1. The van der Waals surface area contributed by atoms with Gasteiger partial charge in [0.2, 0.25) is 0 Å². The lowest BCUT2D eigenvalue weighted by Crippen LogP contribution is -1.91. The smallest absolute Gasteiger partial charge is 0.0379 e. The zero-order valence-electron chi connectivity index (χ0n) is 11.9. The van der Waals surface area contributed by atoms with Crippen molar-refractivity contribution >= 4 is 16.5 Å². The largest absolute Gasteiger partial charge is 0.384 e. The van der Waals surface area contributed by atoms with Crippen molar-refractivity contribution in [2.75, 3.05) is 11.9 Å². The van der Waals surface area contributed by atoms with Crippen molar-refractivity contribution in [2.45, 2.75) is 19.3 Å². The zero-order chi connectivity index (χ0) is 13.8. The Hall–Kier alpha value is -2.28. The molecule has 102 valence electrons. The average Bonchev–Trinajstić information content (AvgIpc) is 3.15. The molecule has 0 fully saturated rings. The fraction of sp³-hybridized carbons (Fsp3) is 0.200. The van der Waals surface area contributed by atoms with E-state index < -0.39 is 0 Å². The molecule has 2 aliphatic rings. The van der Waals surface area contributed by atoms with Crippen molar-refractivity contribution in [1.82, 2.24) is 0 Å². The van der Waals surface area contributed by atoms with Gasteiger partial charge >= 0.3 is 0 Å². The molecule has 0 amide bonds. The van der Waals surface area contributed by atoms with Gasteiger partial charge in [0.05, 0.1) is 0 Å². The third kappa shape index (κ3) is 1.58. The van der Waals surface area contributed by atoms with Gasteiger partial charge in [0.25, 0.3) is 0 Å². The Morgan fingerprint density at radius 3 is 2.57 bits per heavy atom. The van der Waals surface area contributed by atoms with Crippen molar-refractivity contribution in [3.05, 3.63) is 65.2 Å². The highest BCUT2D eigenvalue weighted by atomic mass is 14.9. The molecule has 1 heterocycles. The predicted octanol–water partition coefficient (Wildman–Crippen LogP) is 4.57. The summed E-state index contributed by atoms with van der Waals surface area (Å²) in [5, 5.41) is 6.41. The summed E-state index contributed by atoms with van der Waals surface area (Å²) < 4.78 is 0. The molecule has 1 N–H and O–H groups in total. The van der Waals surface area contributed by atoms with E-state index >= 15 is 0 Å². The van der Waals surface area contributed by atoms with Crippen molar-refractivity contribution in [2.24, 2.45) is 0 Å². The highest BCUT2D eigenvalue weighted by Crippen LogP contribution is 2.38. The number of hydrogen-bond acceptors (Lipinski definition) is 1. The molecule has 21 heavy (non-hydrogen) atoms. The molecule has 1 nitrogen and oxygen atoms in total. The van der Waals surface area contributed by atoms with E-state index in [2.05, 4.69) is 53.8 Å². The van der Waals surface area contributed by atoms with Crippen LogP contribution < -0.4 is 5.32 Å². The molecule has 5 rings (SSSR count). The molecule has 0 saturated carbocycles. The Labute approximate surface area is 124 Å². The lowest BCUT2D eigenvalue weighted by molar-refractivity contribution is 1.02. The van der Waals surface area contributed by atoms with Crippen LogP contribution in [0.15, 0.2) is 48.5 Å². The van der Waals surface area contributed by atoms with E-state index in [0.29, 0.717) is 0 Å². The van der Waals surface area contributed by atoms with Gasteiger partial charge in [0.1, 0.15) is 0 Å². The van der Waals surface area contributed by atoms with Crippen LogP contribution in [0.4, 0.5) is 5.69 Å². The Bertz CT molecular complexity index is 866. The van der Waals surface area contributed by atoms with Crippen molar-refractivity contribution in [3.8, 4) is 11.1 Å². The summed E-state index contributed by atoms with van der Waals surface area (Å²) in [6.45, 7) is 1.07. The van der Waals surface area contributed by atoms with Crippen LogP contribution in [0.3, 0.4) is 0 Å². The maximum absolute atomic E-state index is 3.49. The molecule has 0 unspecified atom stereocenters. The SMILES string of the molecule is c1cc2c3c(ccc(-c4ccc5c(c4)NCC5)c3c1)CC2. The third-order valence-electron chi connectivity index (χ3n) is 5.01. The van der Waals surface area contributed by atoms with Gasteiger partial charge in [-0.05, 0) is 63.9 Å². The minimum absolute atomic E-state index is 1.07. The molecule has 0 spiro atoms. The van der Waals surface area contributed by atoms with E-state index in [1.54, 1.807) is 0 Å². The van der Waals surface area contributed by atoms with E-state index in [0.717, 1.165) is 13.0 Å². The maximum Gasteiger partial charge on any atom is 0.0379 e. The third-order valence-corrected chi connectivity index (χ3v) is 5.01. The van der Waals surface area contributed by atoms with Crippen LogP contribution in [0.1, 0.15) is 16.7 Å². The van der Waals surface area contributed by atoms with E-state index in [4.69, 9.17) is 0 Å². The fourth-order valence-corrected chi connectivity index (χ4v) is 3.96. The number of aryl methyl sites for hydroxylation is 2. The number of hydrogen-bond donors (Lipinski definition) is 1. The number of benzene rings is 3. The summed E-state index contributed by atoms with van der Waals surface area (Å²) in [6, 6.07) is 18.3. The van der Waals surface area contributed by atoms with Gasteiger partial charge in [-0.25, -0.2) is 0 Å². The topological polar surface area (TPSA) is 12.0 Å². The second-order valence-corrected chi connectivity index (χ2v) is 6.16. The van der Waals surface area contributed by atoms with Gasteiger partial charge in [-0.2, -0.15) is 0 Å². The average molecular weight is 271 g/mol. The van der Waals surface area contributed by atoms with Crippen LogP contribution in [-0.4, -0.2) is 6.54 Å². The van der Waals surface area contributed by atoms with Gasteiger partial charge in [-0.1, -0.05) is 42.5 Å². The molecule has 1 aliphatic heterocycles. The van der Waals surface area contributed by atoms with E-state index in [1.165, 1.54) is 57.1 Å². The Morgan fingerprint density at radius 1 is 0.762 bits per heavy atom. The summed E-state index contributed by atoms with van der Waals surface area (Å²) in [5.41, 5.74) is 8.50. The maximum atomic E-state index is 3.49. The highest BCUT2D eigenvalue weighted by molar-refractivity contribution is 6.01. The summed E-state index contributed by atoms with van der Waals surface area (Å²) >= 11 is 0. The highest BCUT2D eigenvalue weighted by Gasteiger charge is 2.17. The molecule has 1 aliphatic carbocycles. The lowest BCUT2D eigenvalue weighted by atomic mass is 9.94. The lowest BCUT2D eigenvalue weighted by Gasteiger charge is -2.11. The molecular formula is C20H17N. The number of anilines is 1. The number of fused-ring (bicyclic) bond motifs is 1. The molecule has 1 heteroatoms. The molecule has 3 aromatic carbocycles. The standard InChI is InChI=1S/C20H17N/c1-2-14-5-6-15-8-9-17(18(3-1)20(14)15)16-7-4-13-10-11-21-19(13)12-16/h1-4,7-9,12,21H,5-6,10-11H2. The second kappa shape index (κ2) is 4.11. The van der Waals surface area contributed by atoms with Crippen LogP contribution in [0.5, 0.6) is 0 Å². The second-order valence-electron chi connectivity index (χ2n) is 6.16. The predicted molar refractivity (Wildman–Crippen MR) is 89.0 cm³/mol. The first-order chi connectivity index (χ1) is 10.4. The minimum Gasteiger partial charge on any atom is -0.384 e. The fourth-order valence-electron chi connectivity index (χ4n) is 3.96. The first-order valence-corrected chi connectivity index (χ1v) is 7.81. The van der Waals surface area contributed by atoms with Gasteiger partial charge in [0, 0.05) is 12.2 Å². The molecule has 3 aromatic rings. The van der Waals surface area contributed by atoms with Crippen LogP contribution in [0.25, 0.3) is 21.9 Å². The van der Waals surface area contributed by atoms with Crippen LogP contribution in [0, 0.1) is 0 Å². The molecule has 0 radical (unpaired) electrons. The first-order valence-electron chi connectivity index (χ1n) is 7.81. The van der Waals surface area contributed by atoms with Crippen molar-refractivity contribution < 1.29 is 0 Å². The zero-order valence-corrected chi connectivity index (χ0v) is 11.9. The molecular weight excluding hydrogens is 254 g/mol. The minimum atomic E-state index is 1.07. The van der Waals surface area contributed by atoms with Gasteiger partial charge < -0.3 is 5.32 Å². The summed E-state index contributed by atoms with van der Waals surface area (Å²) in [7, 11) is 0. The van der Waals surface area contributed by atoms with E-state index in [9.17, 15) is 0 Å². The number of nitrogens with one attached hydrogen (secondary N) is 1. The van der Waals surface area contributed by atoms with Gasteiger partial charge in [-0.3, -0.25) is 0 Å². The van der Waals surface area contributed by atoms with Crippen LogP contribution in [0.2, 0.25) is 0 Å². The molecule has 0 aromatic heterocycles. The Kier molecular flexibility index (Phi) is 2.23. The quantitative estimate of drug-likeness (QED) is 0.683. The summed E-state index contributed by atoms with van der Waals surface area (Å²) in [6.07, 6.45) is 3.54. The molecule has 0 bridgehead atoms. The van der Waals surface area contributed by atoms with Gasteiger partial charge in [0.15, 0.2) is 0 Å². The van der Waals surface area contributed by atoms with Crippen LogP contribution >= 0.6 is 0 Å². The van der Waals surface area contributed by atoms with Crippen molar-refractivity contribution in [1.29, 1.82) is 0 Å². The van der Waals surface area contributed by atoms with Crippen molar-refractivity contribution in [3.63, 3.8) is 0 Å². The Balaban J connectivity index is 1.79. The van der Waals surface area contributed by atoms with Gasteiger partial charge in [-0.15, -0.1) is 0 Å². The van der Waals surface area contributed by atoms with E-state index in [1.807, 2.05) is 0 Å².